The number of aromatic nitrogens is 1. The zero-order chi connectivity index (χ0) is 15.2. The average molecular weight is 314 g/mol. The molecule has 0 saturated carbocycles. The van der Waals surface area contributed by atoms with Crippen LogP contribution in [0.15, 0.2) is 53.3 Å². The van der Waals surface area contributed by atoms with E-state index in [9.17, 15) is 0 Å². The lowest BCUT2D eigenvalue weighted by Crippen LogP contribution is -2.11. The molecule has 3 rings (SSSR count). The zero-order valence-electron chi connectivity index (χ0n) is 12.4. The number of furan rings is 1. The summed E-state index contributed by atoms with van der Waals surface area (Å²) < 4.78 is 10.7. The standard InChI is InChI=1S/C17H18N2O2S/c1-2-20-14-7-5-13(6-8-14)16-11-19-17(22-16)12-18-10-15-4-3-9-21-15/h3-9,11,18H,2,10,12H2,1H3. The minimum absolute atomic E-state index is 0.686. The molecule has 0 unspecified atom stereocenters. The minimum Gasteiger partial charge on any atom is -0.494 e. The molecule has 5 heteroatoms. The van der Waals surface area contributed by atoms with Gasteiger partial charge in [0.1, 0.15) is 16.5 Å². The van der Waals surface area contributed by atoms with Gasteiger partial charge in [-0.2, -0.15) is 0 Å². The topological polar surface area (TPSA) is 47.3 Å². The highest BCUT2D eigenvalue weighted by molar-refractivity contribution is 7.15. The molecule has 0 aliphatic carbocycles. The van der Waals surface area contributed by atoms with Gasteiger partial charge in [0.15, 0.2) is 0 Å². The molecule has 2 heterocycles. The Morgan fingerprint density at radius 3 is 2.77 bits per heavy atom. The third-order valence-corrected chi connectivity index (χ3v) is 4.21. The molecule has 0 saturated heterocycles. The van der Waals surface area contributed by atoms with Gasteiger partial charge in [-0.05, 0) is 48.9 Å². The Hall–Kier alpha value is -2.11. The number of hydrogen-bond acceptors (Lipinski definition) is 5. The van der Waals surface area contributed by atoms with E-state index in [1.165, 1.54) is 5.56 Å². The fourth-order valence-electron chi connectivity index (χ4n) is 2.11. The zero-order valence-corrected chi connectivity index (χ0v) is 13.2. The molecule has 0 amide bonds. The third kappa shape index (κ3) is 3.75. The van der Waals surface area contributed by atoms with Crippen molar-refractivity contribution in [3.05, 3.63) is 59.6 Å². The monoisotopic (exact) mass is 314 g/mol. The van der Waals surface area contributed by atoms with E-state index in [4.69, 9.17) is 9.15 Å². The molecule has 2 aromatic heterocycles. The molecule has 4 nitrogen and oxygen atoms in total. The Balaban J connectivity index is 1.58. The quantitative estimate of drug-likeness (QED) is 0.713. The normalized spacial score (nSPS) is 10.8. The second-order valence-corrected chi connectivity index (χ2v) is 5.87. The lowest BCUT2D eigenvalue weighted by molar-refractivity contribution is 0.340. The van der Waals surface area contributed by atoms with Gasteiger partial charge in [0.25, 0.3) is 0 Å². The van der Waals surface area contributed by atoms with Gasteiger partial charge in [-0.3, -0.25) is 0 Å². The molecule has 0 bridgehead atoms. The van der Waals surface area contributed by atoms with Crippen LogP contribution in [0.3, 0.4) is 0 Å². The van der Waals surface area contributed by atoms with E-state index >= 15 is 0 Å². The second-order valence-electron chi connectivity index (χ2n) is 4.76. The lowest BCUT2D eigenvalue weighted by Gasteiger charge is -2.03. The number of rotatable bonds is 7. The van der Waals surface area contributed by atoms with Gasteiger partial charge in [-0.15, -0.1) is 11.3 Å². The van der Waals surface area contributed by atoms with Gasteiger partial charge < -0.3 is 14.5 Å². The van der Waals surface area contributed by atoms with Crippen molar-refractivity contribution >= 4 is 11.3 Å². The Bertz CT molecular complexity index is 690. The summed E-state index contributed by atoms with van der Waals surface area (Å²) in [5.41, 5.74) is 1.17. The van der Waals surface area contributed by atoms with Gasteiger partial charge in [-0.1, -0.05) is 0 Å². The molecule has 22 heavy (non-hydrogen) atoms. The van der Waals surface area contributed by atoms with Crippen molar-refractivity contribution in [3.63, 3.8) is 0 Å². The van der Waals surface area contributed by atoms with E-state index in [0.717, 1.165) is 27.9 Å². The van der Waals surface area contributed by atoms with Gasteiger partial charge in [0.2, 0.25) is 0 Å². The summed E-state index contributed by atoms with van der Waals surface area (Å²) in [4.78, 5) is 5.63. The van der Waals surface area contributed by atoms with Crippen LogP contribution in [0.5, 0.6) is 5.75 Å². The molecular weight excluding hydrogens is 296 g/mol. The van der Waals surface area contributed by atoms with Crippen molar-refractivity contribution in [1.29, 1.82) is 0 Å². The molecule has 114 valence electrons. The smallest absolute Gasteiger partial charge is 0.119 e. The molecule has 0 aliphatic rings. The van der Waals surface area contributed by atoms with Crippen molar-refractivity contribution in [2.45, 2.75) is 20.0 Å². The van der Waals surface area contributed by atoms with Crippen LogP contribution in [-0.2, 0) is 13.1 Å². The van der Waals surface area contributed by atoms with Gasteiger partial charge in [0.05, 0.1) is 24.3 Å². The van der Waals surface area contributed by atoms with Crippen molar-refractivity contribution in [2.24, 2.45) is 0 Å². The van der Waals surface area contributed by atoms with E-state index in [2.05, 4.69) is 22.4 Å². The fraction of sp³-hybridized carbons (Fsp3) is 0.235. The van der Waals surface area contributed by atoms with Crippen LogP contribution in [0, 0.1) is 0 Å². The Kier molecular flexibility index (Phi) is 4.88. The van der Waals surface area contributed by atoms with E-state index in [1.54, 1.807) is 17.6 Å². The van der Waals surface area contributed by atoms with E-state index in [1.807, 2.05) is 37.4 Å². The number of hydrogen-bond donors (Lipinski definition) is 1. The summed E-state index contributed by atoms with van der Waals surface area (Å²) in [7, 11) is 0. The number of nitrogens with one attached hydrogen (secondary N) is 1. The SMILES string of the molecule is CCOc1ccc(-c2cnc(CNCc3ccco3)s2)cc1. The predicted octanol–water partition coefficient (Wildman–Crippen LogP) is 4.09. The van der Waals surface area contributed by atoms with Crippen LogP contribution in [-0.4, -0.2) is 11.6 Å². The third-order valence-electron chi connectivity index (χ3n) is 3.16. The van der Waals surface area contributed by atoms with E-state index in [0.29, 0.717) is 13.2 Å². The maximum atomic E-state index is 5.46. The summed E-state index contributed by atoms with van der Waals surface area (Å²) in [6.07, 6.45) is 3.61. The minimum atomic E-state index is 0.686. The predicted molar refractivity (Wildman–Crippen MR) is 88.0 cm³/mol. The molecule has 0 fully saturated rings. The first-order valence-corrected chi connectivity index (χ1v) is 8.08. The Morgan fingerprint density at radius 1 is 1.18 bits per heavy atom. The summed E-state index contributed by atoms with van der Waals surface area (Å²) >= 11 is 1.70. The Morgan fingerprint density at radius 2 is 2.05 bits per heavy atom. The second kappa shape index (κ2) is 7.24. The van der Waals surface area contributed by atoms with Crippen LogP contribution in [0.2, 0.25) is 0 Å². The van der Waals surface area contributed by atoms with Crippen molar-refractivity contribution < 1.29 is 9.15 Å². The van der Waals surface area contributed by atoms with Gasteiger partial charge in [-0.25, -0.2) is 4.98 Å². The largest absolute Gasteiger partial charge is 0.494 e. The molecule has 0 atom stereocenters. The number of thiazole rings is 1. The highest BCUT2D eigenvalue weighted by Gasteiger charge is 2.05. The molecule has 0 spiro atoms. The highest BCUT2D eigenvalue weighted by atomic mass is 32.1. The number of ether oxygens (including phenoxy) is 1. The fourth-order valence-corrected chi connectivity index (χ4v) is 3.01. The summed E-state index contributed by atoms with van der Waals surface area (Å²) in [5, 5.41) is 4.39. The average Bonchev–Trinajstić information content (AvgIpc) is 3.20. The summed E-state index contributed by atoms with van der Waals surface area (Å²) in [5.74, 6) is 1.83. The molecule has 1 aromatic carbocycles. The molecule has 3 aromatic rings. The van der Waals surface area contributed by atoms with E-state index < -0.39 is 0 Å². The molecule has 0 radical (unpaired) electrons. The van der Waals surface area contributed by atoms with Gasteiger partial charge in [0, 0.05) is 12.7 Å². The van der Waals surface area contributed by atoms with Crippen molar-refractivity contribution in [1.82, 2.24) is 10.3 Å². The van der Waals surface area contributed by atoms with E-state index in [-0.39, 0.29) is 0 Å². The van der Waals surface area contributed by atoms with Crippen molar-refractivity contribution in [2.75, 3.05) is 6.61 Å². The number of nitrogens with zero attached hydrogens (tertiary/aromatic N) is 1. The Labute approximate surface area is 133 Å². The highest BCUT2D eigenvalue weighted by Crippen LogP contribution is 2.27. The van der Waals surface area contributed by atoms with Crippen LogP contribution in [0.4, 0.5) is 0 Å². The molecular formula is C17H18N2O2S. The van der Waals surface area contributed by atoms with Crippen molar-refractivity contribution in [3.8, 4) is 16.2 Å². The van der Waals surface area contributed by atoms with Crippen LogP contribution in [0.25, 0.3) is 10.4 Å². The maximum absolute atomic E-state index is 5.46. The number of benzene rings is 1. The van der Waals surface area contributed by atoms with Crippen LogP contribution < -0.4 is 10.1 Å². The van der Waals surface area contributed by atoms with Crippen LogP contribution >= 0.6 is 11.3 Å². The maximum Gasteiger partial charge on any atom is 0.119 e. The molecule has 0 aliphatic heterocycles. The van der Waals surface area contributed by atoms with Crippen LogP contribution in [0.1, 0.15) is 17.7 Å². The van der Waals surface area contributed by atoms with Gasteiger partial charge >= 0.3 is 0 Å². The first-order valence-electron chi connectivity index (χ1n) is 7.26. The first kappa shape index (κ1) is 14.8. The first-order chi connectivity index (χ1) is 10.8. The summed E-state index contributed by atoms with van der Waals surface area (Å²) in [6, 6.07) is 12.0. The molecule has 1 N–H and O–H groups in total. The summed E-state index contributed by atoms with van der Waals surface area (Å²) in [6.45, 7) is 4.12. The lowest BCUT2D eigenvalue weighted by atomic mass is 10.2.